The van der Waals surface area contributed by atoms with Crippen molar-refractivity contribution in [1.82, 2.24) is 4.90 Å². The van der Waals surface area contributed by atoms with Crippen LogP contribution < -0.4 is 4.74 Å². The molecule has 0 unspecified atom stereocenters. The predicted octanol–water partition coefficient (Wildman–Crippen LogP) is 2.33. The summed E-state index contributed by atoms with van der Waals surface area (Å²) >= 11 is 0. The molecule has 1 amide bonds. The minimum Gasteiger partial charge on any atom is -0.496 e. The molecule has 0 aromatic heterocycles. The van der Waals surface area contributed by atoms with Gasteiger partial charge in [0.05, 0.1) is 12.7 Å². The van der Waals surface area contributed by atoms with Gasteiger partial charge >= 0.3 is 0 Å². The first-order valence-electron chi connectivity index (χ1n) is 6.69. The Morgan fingerprint density at radius 2 is 2.05 bits per heavy atom. The number of carbonyl (C=O) groups is 1. The third-order valence-corrected chi connectivity index (χ3v) is 2.82. The lowest BCUT2D eigenvalue weighted by Crippen LogP contribution is -2.41. The fraction of sp³-hybridized carbons (Fsp3) is 0.438. The lowest BCUT2D eigenvalue weighted by atomic mass is 10.1. The van der Waals surface area contributed by atoms with E-state index < -0.39 is 5.60 Å². The maximum atomic E-state index is 12.1. The summed E-state index contributed by atoms with van der Waals surface area (Å²) in [5.74, 6) is 0.600. The van der Waals surface area contributed by atoms with E-state index in [9.17, 15) is 9.90 Å². The third kappa shape index (κ3) is 5.05. The molecule has 1 aromatic carbocycles. The number of likely N-dealkylation sites (N-methyl/N-ethyl adjacent to an activating group) is 1. The minimum atomic E-state index is -0.899. The largest absolute Gasteiger partial charge is 0.496 e. The van der Waals surface area contributed by atoms with E-state index in [4.69, 9.17) is 4.74 Å². The predicted molar refractivity (Wildman–Crippen MR) is 80.6 cm³/mol. The van der Waals surface area contributed by atoms with Crippen molar-refractivity contribution in [2.24, 2.45) is 0 Å². The van der Waals surface area contributed by atoms with Gasteiger partial charge in [-0.25, -0.2) is 0 Å². The zero-order valence-corrected chi connectivity index (χ0v) is 12.6. The molecule has 0 aliphatic heterocycles. The van der Waals surface area contributed by atoms with Gasteiger partial charge in [-0.1, -0.05) is 18.2 Å². The zero-order chi connectivity index (χ0) is 15.2. The van der Waals surface area contributed by atoms with Crippen LogP contribution in [0, 0.1) is 0 Å². The van der Waals surface area contributed by atoms with Crippen molar-refractivity contribution in [3.63, 3.8) is 0 Å². The summed E-state index contributed by atoms with van der Waals surface area (Å²) in [6.45, 7) is 6.12. The molecule has 0 atom stereocenters. The molecule has 0 saturated carbocycles. The Hall–Kier alpha value is -1.81. The smallest absolute Gasteiger partial charge is 0.246 e. The molecule has 1 N–H and O–H groups in total. The first-order valence-corrected chi connectivity index (χ1v) is 6.69. The van der Waals surface area contributed by atoms with Crippen LogP contribution in [0.4, 0.5) is 0 Å². The van der Waals surface area contributed by atoms with Crippen molar-refractivity contribution in [3.8, 4) is 5.75 Å². The molecular formula is C16H23NO3. The van der Waals surface area contributed by atoms with Crippen LogP contribution in [-0.2, 0) is 4.79 Å². The fourth-order valence-electron chi connectivity index (χ4n) is 1.88. The number of aliphatic hydroxyl groups is 1. The van der Waals surface area contributed by atoms with Crippen LogP contribution in [0.5, 0.6) is 5.75 Å². The van der Waals surface area contributed by atoms with Gasteiger partial charge in [-0.05, 0) is 32.9 Å². The number of hydrogen-bond acceptors (Lipinski definition) is 3. The van der Waals surface area contributed by atoms with Crippen molar-refractivity contribution in [2.45, 2.75) is 26.4 Å². The summed E-state index contributed by atoms with van der Waals surface area (Å²) in [7, 11) is 1.60. The van der Waals surface area contributed by atoms with Gasteiger partial charge in [-0.3, -0.25) is 4.79 Å². The number of carbonyl (C=O) groups excluding carboxylic acids is 1. The van der Waals surface area contributed by atoms with Crippen LogP contribution in [0.3, 0.4) is 0 Å². The van der Waals surface area contributed by atoms with Gasteiger partial charge in [0.25, 0.3) is 0 Å². The summed E-state index contributed by atoms with van der Waals surface area (Å²) in [5.41, 5.74) is -0.0492. The second-order valence-electron chi connectivity index (χ2n) is 5.24. The zero-order valence-electron chi connectivity index (χ0n) is 12.6. The molecule has 4 nitrogen and oxygen atoms in total. The molecule has 0 saturated heterocycles. The van der Waals surface area contributed by atoms with Gasteiger partial charge in [-0.15, -0.1) is 0 Å². The van der Waals surface area contributed by atoms with Gasteiger partial charge in [0, 0.05) is 24.7 Å². The maximum absolute atomic E-state index is 12.1. The normalized spacial score (nSPS) is 11.7. The van der Waals surface area contributed by atoms with E-state index in [1.165, 1.54) is 6.08 Å². The van der Waals surface area contributed by atoms with E-state index in [0.717, 1.165) is 11.3 Å². The number of nitrogens with zero attached hydrogens (tertiary/aromatic N) is 1. The summed E-state index contributed by atoms with van der Waals surface area (Å²) in [5, 5.41) is 9.80. The Morgan fingerprint density at radius 1 is 1.40 bits per heavy atom. The second-order valence-corrected chi connectivity index (χ2v) is 5.24. The second kappa shape index (κ2) is 7.10. The van der Waals surface area contributed by atoms with Gasteiger partial charge < -0.3 is 14.7 Å². The van der Waals surface area contributed by atoms with Gasteiger partial charge in [0.2, 0.25) is 5.91 Å². The SMILES string of the molecule is CCN(CC(C)(C)O)C(=O)C=Cc1ccccc1OC. The van der Waals surface area contributed by atoms with Crippen LogP contribution in [0.25, 0.3) is 6.08 Å². The number of rotatable bonds is 6. The number of hydrogen-bond donors (Lipinski definition) is 1. The first-order chi connectivity index (χ1) is 9.37. The van der Waals surface area contributed by atoms with Crippen molar-refractivity contribution in [2.75, 3.05) is 20.2 Å². The van der Waals surface area contributed by atoms with Crippen LogP contribution >= 0.6 is 0 Å². The fourth-order valence-corrected chi connectivity index (χ4v) is 1.88. The molecule has 4 heteroatoms. The van der Waals surface area contributed by atoms with E-state index in [0.29, 0.717) is 13.1 Å². The Labute approximate surface area is 120 Å². The molecule has 0 heterocycles. The average molecular weight is 277 g/mol. The molecular weight excluding hydrogens is 254 g/mol. The van der Waals surface area contributed by atoms with Gasteiger partial charge in [-0.2, -0.15) is 0 Å². The molecule has 1 aromatic rings. The van der Waals surface area contributed by atoms with Gasteiger partial charge in [0.1, 0.15) is 5.75 Å². The highest BCUT2D eigenvalue weighted by Gasteiger charge is 2.19. The Balaban J connectivity index is 2.80. The quantitative estimate of drug-likeness (QED) is 0.812. The topological polar surface area (TPSA) is 49.8 Å². The summed E-state index contributed by atoms with van der Waals surface area (Å²) in [6, 6.07) is 7.50. The molecule has 1 rings (SSSR count). The Morgan fingerprint density at radius 3 is 2.60 bits per heavy atom. The number of benzene rings is 1. The van der Waals surface area contributed by atoms with Crippen molar-refractivity contribution in [3.05, 3.63) is 35.9 Å². The lowest BCUT2D eigenvalue weighted by molar-refractivity contribution is -0.128. The van der Waals surface area contributed by atoms with Crippen LogP contribution in [0.15, 0.2) is 30.3 Å². The van der Waals surface area contributed by atoms with Crippen LogP contribution in [-0.4, -0.2) is 41.7 Å². The van der Waals surface area contributed by atoms with E-state index in [1.54, 1.807) is 31.9 Å². The number of methoxy groups -OCH3 is 1. The average Bonchev–Trinajstić information content (AvgIpc) is 2.41. The molecule has 0 aliphatic carbocycles. The molecule has 0 fully saturated rings. The summed E-state index contributed by atoms with van der Waals surface area (Å²) in [6.07, 6.45) is 3.24. The van der Waals surface area contributed by atoms with Crippen molar-refractivity contribution < 1.29 is 14.6 Å². The monoisotopic (exact) mass is 277 g/mol. The highest BCUT2D eigenvalue weighted by atomic mass is 16.5. The molecule has 20 heavy (non-hydrogen) atoms. The number of amides is 1. The minimum absolute atomic E-state index is 0.125. The number of ether oxygens (including phenoxy) is 1. The Bertz CT molecular complexity index is 475. The van der Waals surface area contributed by atoms with E-state index in [1.807, 2.05) is 31.2 Å². The highest BCUT2D eigenvalue weighted by molar-refractivity contribution is 5.92. The summed E-state index contributed by atoms with van der Waals surface area (Å²) in [4.78, 5) is 13.7. The van der Waals surface area contributed by atoms with Crippen LogP contribution in [0.1, 0.15) is 26.3 Å². The van der Waals surface area contributed by atoms with Gasteiger partial charge in [0.15, 0.2) is 0 Å². The van der Waals surface area contributed by atoms with E-state index in [2.05, 4.69) is 0 Å². The van der Waals surface area contributed by atoms with E-state index in [-0.39, 0.29) is 5.91 Å². The first kappa shape index (κ1) is 16.2. The van der Waals surface area contributed by atoms with Crippen molar-refractivity contribution in [1.29, 1.82) is 0 Å². The third-order valence-electron chi connectivity index (χ3n) is 2.82. The Kier molecular flexibility index (Phi) is 5.77. The number of para-hydroxylation sites is 1. The molecule has 110 valence electrons. The maximum Gasteiger partial charge on any atom is 0.246 e. The van der Waals surface area contributed by atoms with Crippen LogP contribution in [0.2, 0.25) is 0 Å². The molecule has 0 radical (unpaired) electrons. The van der Waals surface area contributed by atoms with Crippen molar-refractivity contribution >= 4 is 12.0 Å². The summed E-state index contributed by atoms with van der Waals surface area (Å²) < 4.78 is 5.23. The highest BCUT2D eigenvalue weighted by Crippen LogP contribution is 2.18. The lowest BCUT2D eigenvalue weighted by Gasteiger charge is -2.27. The van der Waals surface area contributed by atoms with E-state index >= 15 is 0 Å². The molecule has 0 aliphatic rings. The standard InChI is InChI=1S/C16H23NO3/c1-5-17(12-16(2,3)19)15(18)11-10-13-8-6-7-9-14(13)20-4/h6-11,19H,5,12H2,1-4H3. The molecule has 0 bridgehead atoms. The molecule has 0 spiro atoms.